The van der Waals surface area contributed by atoms with Gasteiger partial charge >= 0.3 is 5.97 Å². The maximum atomic E-state index is 11.0. The van der Waals surface area contributed by atoms with Gasteiger partial charge in [0.15, 0.2) is 0 Å². The Morgan fingerprint density at radius 3 is 1.84 bits per heavy atom. The number of methoxy groups -OCH3 is 1. The van der Waals surface area contributed by atoms with E-state index in [1.165, 1.54) is 71.3 Å². The van der Waals surface area contributed by atoms with Crippen molar-refractivity contribution in [1.29, 1.82) is 0 Å². The first kappa shape index (κ1) is 20.7. The first-order chi connectivity index (χ1) is 12.2. The molecule has 0 aromatic rings. The van der Waals surface area contributed by atoms with Crippen molar-refractivity contribution in [2.24, 2.45) is 0 Å². The van der Waals surface area contributed by atoms with Gasteiger partial charge in [0.05, 0.1) is 31.5 Å². The van der Waals surface area contributed by atoms with Crippen molar-refractivity contribution in [3.8, 4) is 0 Å². The largest absolute Gasteiger partial charge is 0.469 e. The number of carbonyl (C=O) groups excluding carboxylic acids is 1. The summed E-state index contributed by atoms with van der Waals surface area (Å²) in [4.78, 5) is 11.0. The van der Waals surface area contributed by atoms with Crippen LogP contribution in [-0.2, 0) is 19.0 Å². The molecule has 0 bridgehead atoms. The van der Waals surface area contributed by atoms with Crippen molar-refractivity contribution >= 4 is 5.97 Å². The van der Waals surface area contributed by atoms with Crippen LogP contribution in [0.1, 0.15) is 96.8 Å². The summed E-state index contributed by atoms with van der Waals surface area (Å²) in [6.45, 7) is 2.25. The van der Waals surface area contributed by atoms with Gasteiger partial charge in [0.2, 0.25) is 0 Å². The molecule has 0 N–H and O–H groups in total. The summed E-state index contributed by atoms with van der Waals surface area (Å²) in [6, 6.07) is 0. The number of hydrogen-bond acceptors (Lipinski definition) is 4. The average Bonchev–Trinajstić information content (AvgIpc) is 3.53. The van der Waals surface area contributed by atoms with Crippen molar-refractivity contribution in [2.45, 2.75) is 121 Å². The Balaban J connectivity index is 1.31. The number of hydrogen-bond donors (Lipinski definition) is 0. The third kappa shape index (κ3) is 9.05. The highest BCUT2D eigenvalue weighted by atomic mass is 16.6. The summed E-state index contributed by atoms with van der Waals surface area (Å²) in [5.74, 6) is -0.0807. The minimum atomic E-state index is -0.0807. The Bertz CT molecular complexity index is 371. The fourth-order valence-electron chi connectivity index (χ4n) is 3.71. The number of carbonyl (C=O) groups is 1. The molecule has 2 rings (SSSR count). The molecule has 0 spiro atoms. The van der Waals surface area contributed by atoms with Crippen LogP contribution in [0.25, 0.3) is 0 Å². The smallest absolute Gasteiger partial charge is 0.305 e. The summed E-state index contributed by atoms with van der Waals surface area (Å²) >= 11 is 0. The maximum absolute atomic E-state index is 11.0. The lowest BCUT2D eigenvalue weighted by Gasteiger charge is -2.01. The Labute approximate surface area is 154 Å². The van der Waals surface area contributed by atoms with Crippen LogP contribution >= 0.6 is 0 Å². The summed E-state index contributed by atoms with van der Waals surface area (Å²) in [7, 11) is 1.46. The molecule has 2 heterocycles. The molecule has 0 aromatic heterocycles. The lowest BCUT2D eigenvalue weighted by molar-refractivity contribution is -0.140. The van der Waals surface area contributed by atoms with Crippen LogP contribution in [0.15, 0.2) is 0 Å². The van der Waals surface area contributed by atoms with Crippen LogP contribution in [0.5, 0.6) is 0 Å². The third-order valence-electron chi connectivity index (χ3n) is 5.53. The van der Waals surface area contributed by atoms with Gasteiger partial charge in [0.25, 0.3) is 0 Å². The highest BCUT2D eigenvalue weighted by Crippen LogP contribution is 2.39. The van der Waals surface area contributed by atoms with Gasteiger partial charge < -0.3 is 14.2 Å². The number of epoxide rings is 2. The number of esters is 1. The maximum Gasteiger partial charge on any atom is 0.305 e. The van der Waals surface area contributed by atoms with Crippen molar-refractivity contribution < 1.29 is 19.0 Å². The van der Waals surface area contributed by atoms with Gasteiger partial charge in [0, 0.05) is 12.8 Å². The van der Waals surface area contributed by atoms with Gasteiger partial charge in [0.1, 0.15) is 0 Å². The predicted octanol–water partition coefficient (Wildman–Crippen LogP) is 5.18. The zero-order chi connectivity index (χ0) is 17.9. The molecule has 0 aliphatic carbocycles. The van der Waals surface area contributed by atoms with E-state index in [1.54, 1.807) is 0 Å². The van der Waals surface area contributed by atoms with Gasteiger partial charge in [-0.05, 0) is 19.3 Å². The third-order valence-corrected chi connectivity index (χ3v) is 5.53. The van der Waals surface area contributed by atoms with Crippen LogP contribution in [0.3, 0.4) is 0 Å². The molecule has 0 radical (unpaired) electrons. The standard InChI is InChI=1S/C21H38O4/c1-3-4-10-13-17-19(24-17)16-20-18(25-20)14-11-8-6-5-7-9-12-15-21(22)23-2/h17-20H,3-16H2,1-2H3/t17-,18+,19+,20-/m1/s1. The number of ether oxygens (including phenoxy) is 3. The second-order valence-corrected chi connectivity index (χ2v) is 7.75. The molecule has 0 aromatic carbocycles. The van der Waals surface area contributed by atoms with Gasteiger partial charge in [-0.25, -0.2) is 0 Å². The number of rotatable bonds is 16. The molecule has 0 saturated carbocycles. The SMILES string of the molecule is CCCCC[C@H]1O[C@H]1C[C@H]1O[C@H]1CCCCCCCCCC(=O)OC. The van der Waals surface area contributed by atoms with E-state index < -0.39 is 0 Å². The monoisotopic (exact) mass is 354 g/mol. The Kier molecular flexibility index (Phi) is 9.85. The highest BCUT2D eigenvalue weighted by Gasteiger charge is 2.47. The molecule has 0 unspecified atom stereocenters. The van der Waals surface area contributed by atoms with E-state index in [4.69, 9.17) is 9.47 Å². The van der Waals surface area contributed by atoms with Crippen molar-refractivity contribution in [1.82, 2.24) is 0 Å². The van der Waals surface area contributed by atoms with Crippen molar-refractivity contribution in [3.05, 3.63) is 0 Å². The fourth-order valence-corrected chi connectivity index (χ4v) is 3.71. The van der Waals surface area contributed by atoms with E-state index in [-0.39, 0.29) is 5.97 Å². The Hall–Kier alpha value is -0.610. The molecular formula is C21H38O4. The van der Waals surface area contributed by atoms with Crippen LogP contribution in [0, 0.1) is 0 Å². The topological polar surface area (TPSA) is 51.4 Å². The Morgan fingerprint density at radius 2 is 1.28 bits per heavy atom. The van der Waals surface area contributed by atoms with Gasteiger partial charge in [-0.2, -0.15) is 0 Å². The molecule has 2 fully saturated rings. The molecule has 2 aliphatic rings. The van der Waals surface area contributed by atoms with E-state index in [1.807, 2.05) is 0 Å². The quantitative estimate of drug-likeness (QED) is 0.218. The van der Waals surface area contributed by atoms with E-state index in [0.29, 0.717) is 30.8 Å². The highest BCUT2D eigenvalue weighted by molar-refractivity contribution is 5.68. The molecule has 146 valence electrons. The molecule has 2 aliphatic heterocycles. The Morgan fingerprint density at radius 1 is 0.760 bits per heavy atom. The van der Waals surface area contributed by atoms with Gasteiger partial charge in [-0.1, -0.05) is 64.7 Å². The zero-order valence-electron chi connectivity index (χ0n) is 16.3. The summed E-state index contributed by atoms with van der Waals surface area (Å²) in [6.07, 6.45) is 18.7. The van der Waals surface area contributed by atoms with E-state index in [0.717, 1.165) is 19.3 Å². The van der Waals surface area contributed by atoms with Crippen LogP contribution in [0.4, 0.5) is 0 Å². The molecule has 4 heteroatoms. The van der Waals surface area contributed by atoms with E-state index >= 15 is 0 Å². The van der Waals surface area contributed by atoms with Crippen molar-refractivity contribution in [2.75, 3.05) is 7.11 Å². The normalized spacial score (nSPS) is 27.3. The minimum absolute atomic E-state index is 0.0807. The minimum Gasteiger partial charge on any atom is -0.469 e. The molecule has 4 atom stereocenters. The number of unbranched alkanes of at least 4 members (excludes halogenated alkanes) is 8. The molecular weight excluding hydrogens is 316 g/mol. The van der Waals surface area contributed by atoms with Crippen molar-refractivity contribution in [3.63, 3.8) is 0 Å². The second-order valence-electron chi connectivity index (χ2n) is 7.75. The van der Waals surface area contributed by atoms with E-state index in [2.05, 4.69) is 11.7 Å². The van der Waals surface area contributed by atoms with Crippen LogP contribution in [-0.4, -0.2) is 37.5 Å². The lowest BCUT2D eigenvalue weighted by Crippen LogP contribution is -2.02. The van der Waals surface area contributed by atoms with Crippen LogP contribution < -0.4 is 0 Å². The van der Waals surface area contributed by atoms with Gasteiger partial charge in [-0.3, -0.25) is 4.79 Å². The second kappa shape index (κ2) is 11.9. The molecule has 0 amide bonds. The molecule has 2 saturated heterocycles. The first-order valence-corrected chi connectivity index (χ1v) is 10.6. The lowest BCUT2D eigenvalue weighted by atomic mass is 10.0. The predicted molar refractivity (Wildman–Crippen MR) is 99.7 cm³/mol. The molecule has 4 nitrogen and oxygen atoms in total. The zero-order valence-corrected chi connectivity index (χ0v) is 16.3. The van der Waals surface area contributed by atoms with E-state index in [9.17, 15) is 4.79 Å². The summed E-state index contributed by atoms with van der Waals surface area (Å²) < 4.78 is 16.2. The first-order valence-electron chi connectivity index (χ1n) is 10.6. The van der Waals surface area contributed by atoms with Gasteiger partial charge in [-0.15, -0.1) is 0 Å². The van der Waals surface area contributed by atoms with Crippen LogP contribution in [0.2, 0.25) is 0 Å². The average molecular weight is 355 g/mol. The molecule has 25 heavy (non-hydrogen) atoms. The summed E-state index contributed by atoms with van der Waals surface area (Å²) in [5.41, 5.74) is 0. The fraction of sp³-hybridized carbons (Fsp3) is 0.952. The summed E-state index contributed by atoms with van der Waals surface area (Å²) in [5, 5.41) is 0.